The van der Waals surface area contributed by atoms with E-state index < -0.39 is 0 Å². The topological polar surface area (TPSA) is 60.1 Å². The van der Waals surface area contributed by atoms with Gasteiger partial charge in [0, 0.05) is 13.2 Å². The van der Waals surface area contributed by atoms with Crippen molar-refractivity contribution in [2.45, 2.75) is 6.61 Å². The third-order valence-corrected chi connectivity index (χ3v) is 2.72. The van der Waals surface area contributed by atoms with Crippen molar-refractivity contribution in [2.24, 2.45) is 0 Å². The SMILES string of the molecule is CN(c1ccc(CO)cn1)c1ccccc1C#N. The first-order chi connectivity index (χ1) is 8.76. The number of para-hydroxylation sites is 1. The molecule has 0 aliphatic carbocycles. The highest BCUT2D eigenvalue weighted by Crippen LogP contribution is 2.24. The first-order valence-electron chi connectivity index (χ1n) is 5.55. The van der Waals surface area contributed by atoms with E-state index in [4.69, 9.17) is 10.4 Å². The molecule has 0 unspecified atom stereocenters. The van der Waals surface area contributed by atoms with Crippen LogP contribution >= 0.6 is 0 Å². The number of aliphatic hydroxyl groups excluding tert-OH is 1. The molecule has 0 bridgehead atoms. The van der Waals surface area contributed by atoms with Gasteiger partial charge in [0.05, 0.1) is 17.9 Å². The molecule has 0 saturated carbocycles. The smallest absolute Gasteiger partial charge is 0.132 e. The normalized spacial score (nSPS) is 9.83. The zero-order valence-electron chi connectivity index (χ0n) is 10.0. The third-order valence-electron chi connectivity index (χ3n) is 2.72. The van der Waals surface area contributed by atoms with Gasteiger partial charge in [-0.2, -0.15) is 5.26 Å². The molecule has 0 aliphatic rings. The Hall–Kier alpha value is -2.38. The Labute approximate surface area is 106 Å². The number of aliphatic hydroxyl groups is 1. The molecule has 1 aromatic carbocycles. The molecule has 0 fully saturated rings. The fourth-order valence-electron chi connectivity index (χ4n) is 1.69. The number of pyridine rings is 1. The quantitative estimate of drug-likeness (QED) is 0.892. The highest BCUT2D eigenvalue weighted by molar-refractivity contribution is 5.66. The second-order valence-electron chi connectivity index (χ2n) is 3.87. The van der Waals surface area contributed by atoms with Crippen molar-refractivity contribution in [1.29, 1.82) is 5.26 Å². The van der Waals surface area contributed by atoms with E-state index in [0.717, 1.165) is 17.1 Å². The predicted octanol–water partition coefficient (Wildman–Crippen LogP) is 2.21. The predicted molar refractivity (Wildman–Crippen MR) is 69.4 cm³/mol. The summed E-state index contributed by atoms with van der Waals surface area (Å²) in [6, 6.07) is 13.2. The zero-order chi connectivity index (χ0) is 13.0. The fraction of sp³-hybridized carbons (Fsp3) is 0.143. The minimum absolute atomic E-state index is 0.0220. The van der Waals surface area contributed by atoms with Crippen molar-refractivity contribution in [2.75, 3.05) is 11.9 Å². The van der Waals surface area contributed by atoms with Crippen LogP contribution in [0.2, 0.25) is 0 Å². The van der Waals surface area contributed by atoms with Crippen LogP contribution in [-0.4, -0.2) is 17.1 Å². The number of aromatic nitrogens is 1. The molecule has 4 heteroatoms. The lowest BCUT2D eigenvalue weighted by molar-refractivity contribution is 0.281. The van der Waals surface area contributed by atoms with Crippen LogP contribution in [-0.2, 0) is 6.61 Å². The van der Waals surface area contributed by atoms with Crippen molar-refractivity contribution < 1.29 is 5.11 Å². The molecule has 0 spiro atoms. The number of nitriles is 1. The van der Waals surface area contributed by atoms with Crippen molar-refractivity contribution in [3.63, 3.8) is 0 Å². The van der Waals surface area contributed by atoms with Gasteiger partial charge in [-0.3, -0.25) is 0 Å². The van der Waals surface area contributed by atoms with E-state index >= 15 is 0 Å². The molecule has 90 valence electrons. The van der Waals surface area contributed by atoms with Crippen LogP contribution < -0.4 is 4.90 Å². The number of hydrogen-bond donors (Lipinski definition) is 1. The van der Waals surface area contributed by atoms with Gasteiger partial charge in [0.1, 0.15) is 11.9 Å². The van der Waals surface area contributed by atoms with E-state index in [0.29, 0.717) is 5.56 Å². The molecular weight excluding hydrogens is 226 g/mol. The molecule has 1 N–H and O–H groups in total. The van der Waals surface area contributed by atoms with Crippen LogP contribution in [0.25, 0.3) is 0 Å². The largest absolute Gasteiger partial charge is 0.392 e. The highest BCUT2D eigenvalue weighted by atomic mass is 16.3. The Kier molecular flexibility index (Phi) is 3.56. The summed E-state index contributed by atoms with van der Waals surface area (Å²) in [6.45, 7) is -0.0220. The van der Waals surface area contributed by atoms with E-state index in [1.165, 1.54) is 0 Å². The Morgan fingerprint density at radius 3 is 2.67 bits per heavy atom. The van der Waals surface area contributed by atoms with Gasteiger partial charge in [-0.05, 0) is 23.8 Å². The van der Waals surface area contributed by atoms with Gasteiger partial charge in [0.25, 0.3) is 0 Å². The number of anilines is 2. The van der Waals surface area contributed by atoms with Crippen molar-refractivity contribution in [3.8, 4) is 6.07 Å². The summed E-state index contributed by atoms with van der Waals surface area (Å²) < 4.78 is 0. The molecule has 18 heavy (non-hydrogen) atoms. The standard InChI is InChI=1S/C14H13N3O/c1-17(13-5-3-2-4-12(13)8-15)14-7-6-11(10-18)9-16-14/h2-7,9,18H,10H2,1H3. The van der Waals surface area contributed by atoms with Gasteiger partial charge < -0.3 is 10.0 Å². The number of hydrogen-bond acceptors (Lipinski definition) is 4. The van der Waals surface area contributed by atoms with Crippen LogP contribution in [0.5, 0.6) is 0 Å². The van der Waals surface area contributed by atoms with Crippen LogP contribution in [0.4, 0.5) is 11.5 Å². The van der Waals surface area contributed by atoms with E-state index in [9.17, 15) is 0 Å². The second-order valence-corrected chi connectivity index (χ2v) is 3.87. The van der Waals surface area contributed by atoms with Crippen LogP contribution in [0.15, 0.2) is 42.6 Å². The van der Waals surface area contributed by atoms with Gasteiger partial charge in [0.2, 0.25) is 0 Å². The molecule has 0 radical (unpaired) electrons. The minimum Gasteiger partial charge on any atom is -0.392 e. The maximum atomic E-state index is 9.07. The van der Waals surface area contributed by atoms with Crippen molar-refractivity contribution >= 4 is 11.5 Å². The van der Waals surface area contributed by atoms with Gasteiger partial charge >= 0.3 is 0 Å². The van der Waals surface area contributed by atoms with E-state index in [-0.39, 0.29) is 6.61 Å². The molecular formula is C14H13N3O. The number of benzene rings is 1. The van der Waals surface area contributed by atoms with Gasteiger partial charge in [-0.15, -0.1) is 0 Å². The molecule has 0 aliphatic heterocycles. The summed E-state index contributed by atoms with van der Waals surface area (Å²) in [5.41, 5.74) is 2.18. The summed E-state index contributed by atoms with van der Waals surface area (Å²) in [7, 11) is 1.86. The third kappa shape index (κ3) is 2.31. The molecule has 2 rings (SSSR count). The minimum atomic E-state index is -0.0220. The molecule has 1 heterocycles. The average Bonchev–Trinajstić information content (AvgIpc) is 2.46. The van der Waals surface area contributed by atoms with Gasteiger partial charge in [-0.1, -0.05) is 18.2 Å². The lowest BCUT2D eigenvalue weighted by Gasteiger charge is -2.19. The highest BCUT2D eigenvalue weighted by Gasteiger charge is 2.09. The molecule has 2 aromatic rings. The Morgan fingerprint density at radius 2 is 2.06 bits per heavy atom. The maximum absolute atomic E-state index is 9.07. The van der Waals surface area contributed by atoms with Crippen molar-refractivity contribution in [3.05, 3.63) is 53.7 Å². The summed E-state index contributed by atoms with van der Waals surface area (Å²) >= 11 is 0. The van der Waals surface area contributed by atoms with Crippen LogP contribution in [0, 0.1) is 11.3 Å². The summed E-state index contributed by atoms with van der Waals surface area (Å²) in [5, 5.41) is 18.0. The zero-order valence-corrected chi connectivity index (χ0v) is 10.0. The molecule has 0 saturated heterocycles. The lowest BCUT2D eigenvalue weighted by Crippen LogP contribution is -2.12. The first kappa shape index (κ1) is 12.1. The Balaban J connectivity index is 2.35. The Morgan fingerprint density at radius 1 is 1.28 bits per heavy atom. The number of nitrogens with zero attached hydrogens (tertiary/aromatic N) is 3. The monoisotopic (exact) mass is 239 g/mol. The fourth-order valence-corrected chi connectivity index (χ4v) is 1.69. The van der Waals surface area contributed by atoms with Crippen molar-refractivity contribution in [1.82, 2.24) is 4.98 Å². The molecule has 0 amide bonds. The summed E-state index contributed by atoms with van der Waals surface area (Å²) in [6.07, 6.45) is 1.63. The summed E-state index contributed by atoms with van der Waals surface area (Å²) in [4.78, 5) is 6.10. The molecule has 0 atom stereocenters. The van der Waals surface area contributed by atoms with E-state index in [1.807, 2.05) is 42.3 Å². The molecule has 4 nitrogen and oxygen atoms in total. The van der Waals surface area contributed by atoms with Gasteiger partial charge in [0.15, 0.2) is 0 Å². The van der Waals surface area contributed by atoms with Gasteiger partial charge in [-0.25, -0.2) is 4.98 Å². The second kappa shape index (κ2) is 5.30. The number of rotatable bonds is 3. The lowest BCUT2D eigenvalue weighted by atomic mass is 10.2. The van der Waals surface area contributed by atoms with E-state index in [2.05, 4.69) is 11.1 Å². The maximum Gasteiger partial charge on any atom is 0.132 e. The summed E-state index contributed by atoms with van der Waals surface area (Å²) in [5.74, 6) is 0.731. The van der Waals surface area contributed by atoms with Crippen LogP contribution in [0.3, 0.4) is 0 Å². The first-order valence-corrected chi connectivity index (χ1v) is 5.55. The van der Waals surface area contributed by atoms with E-state index in [1.54, 1.807) is 12.3 Å². The average molecular weight is 239 g/mol. The van der Waals surface area contributed by atoms with Crippen LogP contribution in [0.1, 0.15) is 11.1 Å². The Bertz CT molecular complexity index is 572. The molecule has 1 aromatic heterocycles.